The zero-order chi connectivity index (χ0) is 11.5. The van der Waals surface area contributed by atoms with Gasteiger partial charge in [0.05, 0.1) is 0 Å². The normalized spacial score (nSPS) is 25.9. The molecular formula is C12H22N4. The van der Waals surface area contributed by atoms with E-state index in [0.29, 0.717) is 12.0 Å². The van der Waals surface area contributed by atoms with Gasteiger partial charge < -0.3 is 5.73 Å². The molecule has 1 aromatic rings. The molecule has 2 N–H and O–H groups in total. The summed E-state index contributed by atoms with van der Waals surface area (Å²) < 4.78 is 1.96. The minimum Gasteiger partial charge on any atom is -0.328 e. The fourth-order valence-electron chi connectivity index (χ4n) is 2.51. The predicted molar refractivity (Wildman–Crippen MR) is 64.2 cm³/mol. The van der Waals surface area contributed by atoms with E-state index in [1.807, 2.05) is 11.7 Å². The molecule has 1 heterocycles. The molecular weight excluding hydrogens is 200 g/mol. The van der Waals surface area contributed by atoms with E-state index in [2.05, 4.69) is 17.0 Å². The summed E-state index contributed by atoms with van der Waals surface area (Å²) in [6.45, 7) is 2.16. The van der Waals surface area contributed by atoms with E-state index >= 15 is 0 Å². The van der Waals surface area contributed by atoms with E-state index in [0.717, 1.165) is 37.3 Å². The molecule has 0 aliphatic heterocycles. The lowest BCUT2D eigenvalue weighted by Crippen LogP contribution is -2.26. The molecule has 1 aromatic heterocycles. The van der Waals surface area contributed by atoms with Crippen LogP contribution in [-0.2, 0) is 13.5 Å². The molecule has 4 nitrogen and oxygen atoms in total. The van der Waals surface area contributed by atoms with E-state index in [-0.39, 0.29) is 0 Å². The van der Waals surface area contributed by atoms with Crippen LogP contribution in [0, 0.1) is 0 Å². The third-order valence-electron chi connectivity index (χ3n) is 3.45. The summed E-state index contributed by atoms with van der Waals surface area (Å²) in [7, 11) is 2.01. The minimum absolute atomic E-state index is 0.402. The first-order valence-corrected chi connectivity index (χ1v) is 6.36. The Morgan fingerprint density at radius 2 is 2.00 bits per heavy atom. The van der Waals surface area contributed by atoms with Crippen LogP contribution in [0.4, 0.5) is 0 Å². The van der Waals surface area contributed by atoms with Crippen molar-refractivity contribution in [2.24, 2.45) is 12.8 Å². The molecule has 0 spiro atoms. The van der Waals surface area contributed by atoms with Crippen LogP contribution in [0.5, 0.6) is 0 Å². The highest BCUT2D eigenvalue weighted by Crippen LogP contribution is 2.30. The van der Waals surface area contributed by atoms with Crippen molar-refractivity contribution in [3.63, 3.8) is 0 Å². The molecule has 1 aliphatic rings. The standard InChI is InChI=1S/C12H22N4/c1-3-4-11-14-12(16(2)15-11)9-5-7-10(13)8-6-9/h9-10H,3-8,13H2,1-2H3. The van der Waals surface area contributed by atoms with Gasteiger partial charge in [-0.15, -0.1) is 0 Å². The highest BCUT2D eigenvalue weighted by atomic mass is 15.3. The second-order valence-electron chi connectivity index (χ2n) is 4.87. The smallest absolute Gasteiger partial charge is 0.150 e. The van der Waals surface area contributed by atoms with Crippen LogP contribution >= 0.6 is 0 Å². The maximum atomic E-state index is 5.92. The van der Waals surface area contributed by atoms with Crippen molar-refractivity contribution in [3.05, 3.63) is 11.6 Å². The molecule has 0 aromatic carbocycles. The van der Waals surface area contributed by atoms with Crippen LogP contribution in [0.15, 0.2) is 0 Å². The summed E-state index contributed by atoms with van der Waals surface area (Å²) in [5.41, 5.74) is 5.92. The molecule has 16 heavy (non-hydrogen) atoms. The Morgan fingerprint density at radius 1 is 1.31 bits per heavy atom. The monoisotopic (exact) mass is 222 g/mol. The van der Waals surface area contributed by atoms with E-state index in [4.69, 9.17) is 5.73 Å². The molecule has 0 radical (unpaired) electrons. The van der Waals surface area contributed by atoms with E-state index in [9.17, 15) is 0 Å². The Kier molecular flexibility index (Phi) is 3.59. The van der Waals surface area contributed by atoms with Crippen molar-refractivity contribution in [1.29, 1.82) is 0 Å². The fraction of sp³-hybridized carbons (Fsp3) is 0.833. The molecule has 4 heteroatoms. The van der Waals surface area contributed by atoms with Crippen LogP contribution in [0.2, 0.25) is 0 Å². The van der Waals surface area contributed by atoms with Gasteiger partial charge in [0, 0.05) is 25.4 Å². The van der Waals surface area contributed by atoms with Gasteiger partial charge in [-0.3, -0.25) is 4.68 Å². The van der Waals surface area contributed by atoms with Gasteiger partial charge in [-0.2, -0.15) is 5.10 Å². The van der Waals surface area contributed by atoms with Gasteiger partial charge in [-0.25, -0.2) is 4.98 Å². The van der Waals surface area contributed by atoms with Gasteiger partial charge in [-0.05, 0) is 32.1 Å². The van der Waals surface area contributed by atoms with Gasteiger partial charge in [0.2, 0.25) is 0 Å². The number of rotatable bonds is 3. The van der Waals surface area contributed by atoms with Crippen LogP contribution in [0.25, 0.3) is 0 Å². The Bertz CT molecular complexity index is 337. The van der Waals surface area contributed by atoms with Crippen molar-refractivity contribution in [3.8, 4) is 0 Å². The Balaban J connectivity index is 2.08. The fourth-order valence-corrected chi connectivity index (χ4v) is 2.51. The van der Waals surface area contributed by atoms with Crippen LogP contribution < -0.4 is 5.73 Å². The highest BCUT2D eigenvalue weighted by molar-refractivity contribution is 5.02. The van der Waals surface area contributed by atoms with E-state index in [1.54, 1.807) is 0 Å². The van der Waals surface area contributed by atoms with Crippen LogP contribution in [0.1, 0.15) is 56.6 Å². The first-order valence-electron chi connectivity index (χ1n) is 6.36. The molecule has 0 unspecified atom stereocenters. The third kappa shape index (κ3) is 2.43. The van der Waals surface area contributed by atoms with Gasteiger partial charge in [0.15, 0.2) is 5.82 Å². The van der Waals surface area contributed by atoms with Gasteiger partial charge in [0.1, 0.15) is 5.82 Å². The van der Waals surface area contributed by atoms with E-state index < -0.39 is 0 Å². The number of hydrogen-bond donors (Lipinski definition) is 1. The second kappa shape index (κ2) is 4.95. The average Bonchev–Trinajstić information content (AvgIpc) is 2.61. The summed E-state index contributed by atoms with van der Waals surface area (Å²) in [5.74, 6) is 2.73. The molecule has 1 aliphatic carbocycles. The van der Waals surface area contributed by atoms with Crippen molar-refractivity contribution in [2.45, 2.75) is 57.4 Å². The van der Waals surface area contributed by atoms with Crippen molar-refractivity contribution >= 4 is 0 Å². The first-order chi connectivity index (χ1) is 7.70. The van der Waals surface area contributed by atoms with Gasteiger partial charge in [-0.1, -0.05) is 6.92 Å². The summed E-state index contributed by atoms with van der Waals surface area (Å²) >= 11 is 0. The lowest BCUT2D eigenvalue weighted by atomic mass is 9.86. The van der Waals surface area contributed by atoms with Crippen LogP contribution in [0.3, 0.4) is 0 Å². The topological polar surface area (TPSA) is 56.7 Å². The Hall–Kier alpha value is -0.900. The molecule has 0 amide bonds. The SMILES string of the molecule is CCCc1nc(C2CCC(N)CC2)n(C)n1. The molecule has 0 bridgehead atoms. The molecule has 90 valence electrons. The maximum absolute atomic E-state index is 5.92. The number of aromatic nitrogens is 3. The maximum Gasteiger partial charge on any atom is 0.150 e. The Morgan fingerprint density at radius 3 is 2.62 bits per heavy atom. The molecule has 1 saturated carbocycles. The lowest BCUT2D eigenvalue weighted by molar-refractivity contribution is 0.377. The first kappa shape index (κ1) is 11.6. The largest absolute Gasteiger partial charge is 0.328 e. The van der Waals surface area contributed by atoms with Crippen molar-refractivity contribution in [1.82, 2.24) is 14.8 Å². The van der Waals surface area contributed by atoms with Gasteiger partial charge >= 0.3 is 0 Å². The number of hydrogen-bond acceptors (Lipinski definition) is 3. The minimum atomic E-state index is 0.402. The summed E-state index contributed by atoms with van der Waals surface area (Å²) in [5, 5.41) is 4.47. The number of nitrogens with two attached hydrogens (primary N) is 1. The average molecular weight is 222 g/mol. The van der Waals surface area contributed by atoms with Crippen molar-refractivity contribution in [2.75, 3.05) is 0 Å². The van der Waals surface area contributed by atoms with Crippen LogP contribution in [-0.4, -0.2) is 20.8 Å². The molecule has 0 atom stereocenters. The second-order valence-corrected chi connectivity index (χ2v) is 4.87. The van der Waals surface area contributed by atoms with E-state index in [1.165, 1.54) is 12.8 Å². The summed E-state index contributed by atoms with van der Waals surface area (Å²) in [6.07, 6.45) is 6.68. The third-order valence-corrected chi connectivity index (χ3v) is 3.45. The molecule has 0 saturated heterocycles. The number of aryl methyl sites for hydroxylation is 2. The zero-order valence-corrected chi connectivity index (χ0v) is 10.3. The van der Waals surface area contributed by atoms with Gasteiger partial charge in [0.25, 0.3) is 0 Å². The highest BCUT2D eigenvalue weighted by Gasteiger charge is 2.24. The predicted octanol–water partition coefficient (Wildman–Crippen LogP) is 1.75. The summed E-state index contributed by atoms with van der Waals surface area (Å²) in [4.78, 5) is 4.66. The number of nitrogens with zero attached hydrogens (tertiary/aromatic N) is 3. The Labute approximate surface area is 97.2 Å². The zero-order valence-electron chi connectivity index (χ0n) is 10.3. The lowest BCUT2D eigenvalue weighted by Gasteiger charge is -2.24. The molecule has 1 fully saturated rings. The summed E-state index contributed by atoms with van der Waals surface area (Å²) in [6, 6.07) is 0.402. The van der Waals surface area contributed by atoms with Crippen molar-refractivity contribution < 1.29 is 0 Å². The quantitative estimate of drug-likeness (QED) is 0.847. The molecule has 2 rings (SSSR count).